The van der Waals surface area contributed by atoms with E-state index in [-0.39, 0.29) is 17.2 Å². The van der Waals surface area contributed by atoms with Crippen molar-refractivity contribution in [1.29, 1.82) is 0 Å². The first-order valence-electron chi connectivity index (χ1n) is 6.53. The van der Waals surface area contributed by atoms with Crippen LogP contribution in [0.15, 0.2) is 48.5 Å². The molecule has 0 fully saturated rings. The van der Waals surface area contributed by atoms with E-state index in [1.165, 1.54) is 5.56 Å². The molecule has 0 radical (unpaired) electrons. The monoisotopic (exact) mass is 255 g/mol. The second-order valence-corrected chi connectivity index (χ2v) is 5.91. The summed E-state index contributed by atoms with van der Waals surface area (Å²) >= 11 is 0. The maximum atomic E-state index is 10.1. The van der Waals surface area contributed by atoms with Gasteiger partial charge in [-0.3, -0.25) is 0 Å². The van der Waals surface area contributed by atoms with E-state index in [9.17, 15) is 5.11 Å². The zero-order valence-corrected chi connectivity index (χ0v) is 11.7. The molecule has 0 heterocycles. The largest absolute Gasteiger partial charge is 0.508 e. The highest BCUT2D eigenvalue weighted by Crippen LogP contribution is 2.32. The van der Waals surface area contributed by atoms with Crippen LogP contribution in [0.4, 0.5) is 0 Å². The third-order valence-corrected chi connectivity index (χ3v) is 3.39. The van der Waals surface area contributed by atoms with Crippen molar-refractivity contribution < 1.29 is 5.11 Å². The molecule has 2 heteroatoms. The van der Waals surface area contributed by atoms with Crippen LogP contribution in [0.1, 0.15) is 43.5 Å². The summed E-state index contributed by atoms with van der Waals surface area (Å²) < 4.78 is 0. The minimum Gasteiger partial charge on any atom is -0.508 e. The van der Waals surface area contributed by atoms with Crippen molar-refractivity contribution >= 4 is 0 Å². The van der Waals surface area contributed by atoms with Gasteiger partial charge in [-0.05, 0) is 28.7 Å². The maximum Gasteiger partial charge on any atom is 0.120 e. The molecule has 3 N–H and O–H groups in total. The van der Waals surface area contributed by atoms with Crippen molar-refractivity contribution in [3.63, 3.8) is 0 Å². The predicted molar refractivity (Wildman–Crippen MR) is 79.3 cm³/mol. The number of benzene rings is 2. The molecule has 0 aliphatic rings. The first-order valence-corrected chi connectivity index (χ1v) is 6.53. The summed E-state index contributed by atoms with van der Waals surface area (Å²) in [7, 11) is 0. The molecule has 2 nitrogen and oxygen atoms in total. The van der Waals surface area contributed by atoms with Gasteiger partial charge in [0.1, 0.15) is 5.75 Å². The zero-order chi connectivity index (χ0) is 14.0. The second kappa shape index (κ2) is 5.06. The number of hydrogen-bond donors (Lipinski definition) is 2. The highest BCUT2D eigenvalue weighted by molar-refractivity contribution is 5.44. The number of phenolic OH excluding ortho intramolecular Hbond substituents is 1. The average molecular weight is 255 g/mol. The molecule has 2 rings (SSSR count). The molecular formula is C17H21NO. The van der Waals surface area contributed by atoms with Crippen molar-refractivity contribution in [2.45, 2.75) is 32.2 Å². The maximum absolute atomic E-state index is 10.1. The van der Waals surface area contributed by atoms with E-state index in [0.29, 0.717) is 0 Å². The van der Waals surface area contributed by atoms with Crippen molar-refractivity contribution in [2.24, 2.45) is 5.73 Å². The van der Waals surface area contributed by atoms with Crippen LogP contribution in [-0.4, -0.2) is 5.11 Å². The van der Waals surface area contributed by atoms with Crippen molar-refractivity contribution in [3.05, 3.63) is 65.2 Å². The molecule has 0 amide bonds. The van der Waals surface area contributed by atoms with Crippen LogP contribution < -0.4 is 5.73 Å². The number of rotatable bonds is 2. The van der Waals surface area contributed by atoms with Gasteiger partial charge < -0.3 is 10.8 Å². The number of phenols is 1. The minimum absolute atomic E-state index is 0.0405. The molecule has 0 spiro atoms. The van der Waals surface area contributed by atoms with Gasteiger partial charge in [0.15, 0.2) is 0 Å². The molecule has 2 aromatic rings. The van der Waals surface area contributed by atoms with Crippen molar-refractivity contribution in [2.75, 3.05) is 0 Å². The Bertz CT molecular complexity index is 555. The predicted octanol–water partition coefficient (Wildman–Crippen LogP) is 3.74. The van der Waals surface area contributed by atoms with Crippen LogP contribution >= 0.6 is 0 Å². The van der Waals surface area contributed by atoms with Gasteiger partial charge in [-0.15, -0.1) is 0 Å². The smallest absolute Gasteiger partial charge is 0.120 e. The van der Waals surface area contributed by atoms with E-state index in [1.54, 1.807) is 6.07 Å². The fourth-order valence-corrected chi connectivity index (χ4v) is 2.11. The molecular weight excluding hydrogens is 234 g/mol. The van der Waals surface area contributed by atoms with Gasteiger partial charge in [0.25, 0.3) is 0 Å². The molecule has 2 aromatic carbocycles. The van der Waals surface area contributed by atoms with Crippen LogP contribution in [0.2, 0.25) is 0 Å². The number of hydrogen-bond acceptors (Lipinski definition) is 2. The molecule has 1 unspecified atom stereocenters. The minimum atomic E-state index is -0.302. The van der Waals surface area contributed by atoms with Crippen molar-refractivity contribution in [3.8, 4) is 5.75 Å². The lowest BCUT2D eigenvalue weighted by atomic mass is 9.84. The van der Waals surface area contributed by atoms with E-state index < -0.39 is 0 Å². The van der Waals surface area contributed by atoms with Crippen LogP contribution in [-0.2, 0) is 5.41 Å². The lowest BCUT2D eigenvalue weighted by Gasteiger charge is -2.22. The third kappa shape index (κ3) is 2.96. The Morgan fingerprint density at radius 1 is 1.00 bits per heavy atom. The Labute approximate surface area is 114 Å². The molecule has 100 valence electrons. The Morgan fingerprint density at radius 2 is 1.63 bits per heavy atom. The summed E-state index contributed by atoms with van der Waals surface area (Å²) in [5, 5.41) is 10.1. The summed E-state index contributed by atoms with van der Waals surface area (Å²) in [5.74, 6) is 0.254. The van der Waals surface area contributed by atoms with Gasteiger partial charge in [-0.1, -0.05) is 57.2 Å². The highest BCUT2D eigenvalue weighted by Gasteiger charge is 2.18. The second-order valence-electron chi connectivity index (χ2n) is 5.91. The van der Waals surface area contributed by atoms with Gasteiger partial charge in [0, 0.05) is 5.56 Å². The molecule has 19 heavy (non-hydrogen) atoms. The van der Waals surface area contributed by atoms with Crippen LogP contribution in [0.3, 0.4) is 0 Å². The van der Waals surface area contributed by atoms with Gasteiger partial charge in [0.2, 0.25) is 0 Å². The Balaban J connectivity index is 2.45. The number of aromatic hydroxyl groups is 1. The molecule has 0 saturated heterocycles. The summed E-state index contributed by atoms with van der Waals surface area (Å²) in [4.78, 5) is 0. The van der Waals surface area contributed by atoms with Gasteiger partial charge in [-0.2, -0.15) is 0 Å². The fourth-order valence-electron chi connectivity index (χ4n) is 2.11. The molecule has 0 aromatic heterocycles. The molecule has 0 aliphatic heterocycles. The van der Waals surface area contributed by atoms with Crippen LogP contribution in [0.25, 0.3) is 0 Å². The summed E-state index contributed by atoms with van der Waals surface area (Å²) in [6.07, 6.45) is 0. The van der Waals surface area contributed by atoms with E-state index in [2.05, 4.69) is 20.8 Å². The zero-order valence-electron chi connectivity index (χ0n) is 11.7. The third-order valence-electron chi connectivity index (χ3n) is 3.39. The topological polar surface area (TPSA) is 46.2 Å². The quantitative estimate of drug-likeness (QED) is 0.858. The summed E-state index contributed by atoms with van der Waals surface area (Å²) in [6, 6.07) is 15.2. The van der Waals surface area contributed by atoms with Crippen LogP contribution in [0, 0.1) is 0 Å². The van der Waals surface area contributed by atoms with E-state index in [4.69, 9.17) is 5.73 Å². The molecule has 1 atom stereocenters. The first kappa shape index (κ1) is 13.6. The van der Waals surface area contributed by atoms with E-state index >= 15 is 0 Å². The van der Waals surface area contributed by atoms with Gasteiger partial charge in [-0.25, -0.2) is 0 Å². The average Bonchev–Trinajstić information content (AvgIpc) is 2.38. The Hall–Kier alpha value is -1.80. The van der Waals surface area contributed by atoms with Gasteiger partial charge in [0.05, 0.1) is 6.04 Å². The number of nitrogens with two attached hydrogens (primary N) is 1. The van der Waals surface area contributed by atoms with Crippen molar-refractivity contribution in [1.82, 2.24) is 0 Å². The summed E-state index contributed by atoms with van der Waals surface area (Å²) in [5.41, 5.74) is 9.26. The molecule has 0 bridgehead atoms. The summed E-state index contributed by atoms with van der Waals surface area (Å²) in [6.45, 7) is 6.45. The first-order chi connectivity index (χ1) is 8.89. The Kier molecular flexibility index (Phi) is 3.63. The lowest BCUT2D eigenvalue weighted by Crippen LogP contribution is -2.15. The van der Waals surface area contributed by atoms with Crippen LogP contribution in [0.5, 0.6) is 5.75 Å². The van der Waals surface area contributed by atoms with E-state index in [1.807, 2.05) is 42.5 Å². The molecule has 0 saturated carbocycles. The normalized spacial score (nSPS) is 13.3. The standard InChI is InChI=1S/C17H21NO/c1-17(2,3)13-9-10-15(19)14(11-13)16(18)12-7-5-4-6-8-12/h4-11,16,19H,18H2,1-3H3. The van der Waals surface area contributed by atoms with Gasteiger partial charge >= 0.3 is 0 Å². The SMILES string of the molecule is CC(C)(C)c1ccc(O)c(C(N)c2ccccc2)c1. The fraction of sp³-hybridized carbons (Fsp3) is 0.294. The highest BCUT2D eigenvalue weighted by atomic mass is 16.3. The van der Waals surface area contributed by atoms with E-state index in [0.717, 1.165) is 11.1 Å². The molecule has 0 aliphatic carbocycles. The lowest BCUT2D eigenvalue weighted by molar-refractivity contribution is 0.463. The Morgan fingerprint density at radius 3 is 2.21 bits per heavy atom.